The van der Waals surface area contributed by atoms with Gasteiger partial charge in [0, 0.05) is 7.11 Å². The van der Waals surface area contributed by atoms with Gasteiger partial charge in [0.05, 0.1) is 6.61 Å². The molecule has 0 aromatic carbocycles. The first-order valence-corrected chi connectivity index (χ1v) is 4.80. The van der Waals surface area contributed by atoms with E-state index in [1.807, 2.05) is 0 Å². The maximum atomic E-state index is 12.2. The predicted molar refractivity (Wildman–Crippen MR) is 55.5 cm³/mol. The van der Waals surface area contributed by atoms with Gasteiger partial charge >= 0.3 is 6.18 Å². The molecule has 0 saturated heterocycles. The van der Waals surface area contributed by atoms with Crippen molar-refractivity contribution in [2.24, 2.45) is 5.73 Å². The van der Waals surface area contributed by atoms with Crippen molar-refractivity contribution in [3.8, 4) is 0 Å². The van der Waals surface area contributed by atoms with E-state index in [9.17, 15) is 18.0 Å². The molecule has 0 fully saturated rings. The molecular weight excluding hydrogens is 253 g/mol. The quantitative estimate of drug-likeness (QED) is 0.803. The van der Waals surface area contributed by atoms with E-state index in [0.29, 0.717) is 0 Å². The van der Waals surface area contributed by atoms with E-state index in [2.05, 4.69) is 15.5 Å². The average molecular weight is 264 g/mol. The maximum Gasteiger partial charge on any atom is 0.435 e. The molecule has 1 aromatic rings. The number of amides is 1. The highest BCUT2D eigenvalue weighted by molar-refractivity contribution is 5.82. The lowest BCUT2D eigenvalue weighted by Gasteiger charge is -2.14. The number of nitrogens with two attached hydrogens (primary N) is 1. The fraction of sp³-hybridized carbons (Fsp3) is 0.444. The molecule has 3 N–H and O–H groups in total. The summed E-state index contributed by atoms with van der Waals surface area (Å²) in [5, 5.41) is 8.81. The highest BCUT2D eigenvalue weighted by Gasteiger charge is 2.33. The summed E-state index contributed by atoms with van der Waals surface area (Å²) in [7, 11) is 1.36. The molecule has 1 aromatic heterocycles. The number of nitrogens with one attached hydrogen (secondary N) is 1. The van der Waals surface area contributed by atoms with Crippen LogP contribution < -0.4 is 11.1 Å². The van der Waals surface area contributed by atoms with E-state index in [1.165, 1.54) is 7.11 Å². The van der Waals surface area contributed by atoms with Crippen LogP contribution in [0.4, 0.5) is 19.0 Å². The number of anilines is 1. The van der Waals surface area contributed by atoms with Crippen LogP contribution in [0.25, 0.3) is 0 Å². The second kappa shape index (κ2) is 5.63. The first kappa shape index (κ1) is 14.2. The van der Waals surface area contributed by atoms with Crippen molar-refractivity contribution in [1.82, 2.24) is 10.2 Å². The Bertz CT molecular complexity index is 407. The van der Waals surface area contributed by atoms with Crippen molar-refractivity contribution in [2.75, 3.05) is 19.0 Å². The molecule has 0 aliphatic carbocycles. The van der Waals surface area contributed by atoms with Crippen LogP contribution in [0.2, 0.25) is 0 Å². The van der Waals surface area contributed by atoms with Crippen LogP contribution in [0, 0.1) is 0 Å². The molecule has 9 heteroatoms. The molecule has 1 amide bonds. The Morgan fingerprint density at radius 1 is 1.50 bits per heavy atom. The number of carbonyl (C=O) groups is 1. The Balaban J connectivity index is 2.76. The van der Waals surface area contributed by atoms with Crippen molar-refractivity contribution >= 4 is 11.7 Å². The average Bonchev–Trinajstić information content (AvgIpc) is 2.28. The van der Waals surface area contributed by atoms with Gasteiger partial charge in [-0.1, -0.05) is 0 Å². The van der Waals surface area contributed by atoms with Crippen molar-refractivity contribution in [2.45, 2.75) is 12.2 Å². The van der Waals surface area contributed by atoms with Gasteiger partial charge in [-0.2, -0.15) is 13.2 Å². The molecule has 1 unspecified atom stereocenters. The summed E-state index contributed by atoms with van der Waals surface area (Å²) in [6.45, 7) is -0.0297. The maximum absolute atomic E-state index is 12.2. The number of hydrogen-bond acceptors (Lipinski definition) is 5. The van der Waals surface area contributed by atoms with Gasteiger partial charge < -0.3 is 15.8 Å². The number of rotatable bonds is 5. The van der Waals surface area contributed by atoms with Crippen LogP contribution in [0.3, 0.4) is 0 Å². The Labute approximate surface area is 100 Å². The van der Waals surface area contributed by atoms with Crippen LogP contribution in [0.1, 0.15) is 5.69 Å². The molecule has 0 radical (unpaired) electrons. The highest BCUT2D eigenvalue weighted by atomic mass is 19.4. The normalized spacial score (nSPS) is 13.1. The number of aromatic nitrogens is 2. The molecule has 6 nitrogen and oxygen atoms in total. The Morgan fingerprint density at radius 2 is 2.17 bits per heavy atom. The van der Waals surface area contributed by atoms with Gasteiger partial charge in [0.15, 0.2) is 5.69 Å². The lowest BCUT2D eigenvalue weighted by molar-refractivity contribution is -0.141. The molecule has 0 aliphatic rings. The zero-order valence-corrected chi connectivity index (χ0v) is 9.36. The summed E-state index contributed by atoms with van der Waals surface area (Å²) in [5.74, 6) is -0.706. The topological polar surface area (TPSA) is 90.1 Å². The van der Waals surface area contributed by atoms with Gasteiger partial charge in [-0.3, -0.25) is 4.79 Å². The summed E-state index contributed by atoms with van der Waals surface area (Å²) in [4.78, 5) is 11.0. The van der Waals surface area contributed by atoms with Gasteiger partial charge in [0.2, 0.25) is 5.91 Å². The molecule has 18 heavy (non-hydrogen) atoms. The summed E-state index contributed by atoms with van der Waals surface area (Å²) in [6.07, 6.45) is -4.55. The summed E-state index contributed by atoms with van der Waals surface area (Å²) in [5.41, 5.74) is 3.94. The minimum atomic E-state index is -4.55. The van der Waals surface area contributed by atoms with Crippen molar-refractivity contribution in [3.63, 3.8) is 0 Å². The molecule has 1 rings (SSSR count). The standard InChI is InChI=1S/C9H11F3N4O2/c1-18-4-5(8(13)17)14-7-3-2-6(15-16-7)9(10,11)12/h2-3,5H,4H2,1H3,(H2,13,17)(H,14,16). The van der Waals surface area contributed by atoms with Gasteiger partial charge in [0.1, 0.15) is 11.9 Å². The minimum Gasteiger partial charge on any atom is -0.382 e. The minimum absolute atomic E-state index is 0.00356. The Kier molecular flexibility index (Phi) is 4.43. The summed E-state index contributed by atoms with van der Waals surface area (Å²) < 4.78 is 41.4. The first-order valence-electron chi connectivity index (χ1n) is 4.80. The first-order chi connectivity index (χ1) is 8.34. The van der Waals surface area contributed by atoms with Crippen LogP contribution in [0.5, 0.6) is 0 Å². The number of ether oxygens (including phenoxy) is 1. The molecule has 0 spiro atoms. The van der Waals surface area contributed by atoms with Crippen molar-refractivity contribution < 1.29 is 22.7 Å². The number of carbonyl (C=O) groups excluding carboxylic acids is 1. The van der Waals surface area contributed by atoms with E-state index in [1.54, 1.807) is 0 Å². The fourth-order valence-corrected chi connectivity index (χ4v) is 1.10. The molecule has 0 bridgehead atoms. The van der Waals surface area contributed by atoms with Crippen LogP contribution in [-0.4, -0.2) is 35.9 Å². The summed E-state index contributed by atoms with van der Waals surface area (Å²) in [6, 6.07) is 0.919. The smallest absolute Gasteiger partial charge is 0.382 e. The molecule has 100 valence electrons. The van der Waals surface area contributed by atoms with Gasteiger partial charge in [-0.05, 0) is 12.1 Å². The lowest BCUT2D eigenvalue weighted by atomic mass is 10.3. The second-order valence-electron chi connectivity index (χ2n) is 3.36. The zero-order chi connectivity index (χ0) is 13.8. The molecule has 0 aliphatic heterocycles. The molecule has 0 saturated carbocycles. The SMILES string of the molecule is COCC(Nc1ccc(C(F)(F)F)nn1)C(N)=O. The number of methoxy groups -OCH3 is 1. The number of halogens is 3. The van der Waals surface area contributed by atoms with E-state index in [4.69, 9.17) is 10.5 Å². The third-order valence-corrected chi connectivity index (χ3v) is 1.95. The number of hydrogen-bond donors (Lipinski definition) is 2. The largest absolute Gasteiger partial charge is 0.435 e. The highest BCUT2D eigenvalue weighted by Crippen LogP contribution is 2.27. The molecule has 1 heterocycles. The van der Waals surface area contributed by atoms with Gasteiger partial charge in [-0.25, -0.2) is 0 Å². The third-order valence-electron chi connectivity index (χ3n) is 1.95. The molecule has 1 atom stereocenters. The number of primary amides is 1. The van der Waals surface area contributed by atoms with Crippen molar-refractivity contribution in [1.29, 1.82) is 0 Å². The number of alkyl halides is 3. The van der Waals surface area contributed by atoms with Crippen LogP contribution in [0.15, 0.2) is 12.1 Å². The number of nitrogens with zero attached hydrogens (tertiary/aromatic N) is 2. The van der Waals surface area contributed by atoms with Crippen LogP contribution in [-0.2, 0) is 15.7 Å². The zero-order valence-electron chi connectivity index (χ0n) is 9.36. The Hall–Kier alpha value is -1.90. The predicted octanol–water partition coefficient (Wildman–Crippen LogP) is 0.408. The van der Waals surface area contributed by atoms with E-state index in [0.717, 1.165) is 12.1 Å². The second-order valence-corrected chi connectivity index (χ2v) is 3.36. The fourth-order valence-electron chi connectivity index (χ4n) is 1.10. The van der Waals surface area contributed by atoms with Gasteiger partial charge in [0.25, 0.3) is 0 Å². The summed E-state index contributed by atoms with van der Waals surface area (Å²) >= 11 is 0. The third kappa shape index (κ3) is 3.84. The van der Waals surface area contributed by atoms with Crippen LogP contribution >= 0.6 is 0 Å². The van der Waals surface area contributed by atoms with Crippen molar-refractivity contribution in [3.05, 3.63) is 17.8 Å². The lowest BCUT2D eigenvalue weighted by Crippen LogP contribution is -2.39. The van der Waals surface area contributed by atoms with E-state index >= 15 is 0 Å². The van der Waals surface area contributed by atoms with Gasteiger partial charge in [-0.15, -0.1) is 10.2 Å². The Morgan fingerprint density at radius 3 is 2.56 bits per heavy atom. The van der Waals surface area contributed by atoms with E-state index < -0.39 is 23.8 Å². The molecular formula is C9H11F3N4O2. The monoisotopic (exact) mass is 264 g/mol. The van der Waals surface area contributed by atoms with E-state index in [-0.39, 0.29) is 12.4 Å².